The minimum absolute atomic E-state index is 0.0799. The summed E-state index contributed by atoms with van der Waals surface area (Å²) < 4.78 is 42.9. The molecule has 0 amide bonds. The van der Waals surface area contributed by atoms with Gasteiger partial charge in [-0.2, -0.15) is 13.2 Å². The van der Waals surface area contributed by atoms with Crippen molar-refractivity contribution in [3.8, 4) is 0 Å². The Labute approximate surface area is 125 Å². The van der Waals surface area contributed by atoms with E-state index in [-0.39, 0.29) is 17.9 Å². The summed E-state index contributed by atoms with van der Waals surface area (Å²) in [6, 6.07) is -0.226. The van der Waals surface area contributed by atoms with Crippen molar-refractivity contribution in [2.45, 2.75) is 83.5 Å². The average Bonchev–Trinajstić information content (AvgIpc) is 2.37. The van der Waals surface area contributed by atoms with E-state index in [9.17, 15) is 13.2 Å². The molecular formula is C15H29F3N2O. The third-order valence-corrected chi connectivity index (χ3v) is 4.67. The summed E-state index contributed by atoms with van der Waals surface area (Å²) in [6.45, 7) is 6.91. The zero-order valence-corrected chi connectivity index (χ0v) is 13.4. The van der Waals surface area contributed by atoms with E-state index in [4.69, 9.17) is 10.6 Å². The molecule has 6 heteroatoms. The molecule has 0 heterocycles. The molecule has 0 aromatic carbocycles. The molecule has 1 atom stereocenters. The molecule has 1 aliphatic rings. The van der Waals surface area contributed by atoms with E-state index >= 15 is 0 Å². The molecule has 0 aliphatic heterocycles. The topological polar surface area (TPSA) is 47.3 Å². The summed E-state index contributed by atoms with van der Waals surface area (Å²) >= 11 is 0. The van der Waals surface area contributed by atoms with Crippen LogP contribution in [0.3, 0.4) is 0 Å². The monoisotopic (exact) mass is 310 g/mol. The highest BCUT2D eigenvalue weighted by atomic mass is 19.4. The van der Waals surface area contributed by atoms with E-state index in [1.54, 1.807) is 0 Å². The van der Waals surface area contributed by atoms with Gasteiger partial charge in [-0.1, -0.05) is 13.8 Å². The molecule has 126 valence electrons. The second kappa shape index (κ2) is 7.29. The highest BCUT2D eigenvalue weighted by molar-refractivity contribution is 4.98. The molecule has 21 heavy (non-hydrogen) atoms. The van der Waals surface area contributed by atoms with Crippen LogP contribution in [0.15, 0.2) is 0 Å². The molecule has 1 rings (SSSR count). The van der Waals surface area contributed by atoms with Gasteiger partial charge in [0.25, 0.3) is 0 Å². The average molecular weight is 310 g/mol. The van der Waals surface area contributed by atoms with Crippen LogP contribution in [-0.4, -0.2) is 24.4 Å². The second-order valence-electron chi connectivity index (χ2n) is 6.89. The molecule has 0 spiro atoms. The lowest BCUT2D eigenvalue weighted by Gasteiger charge is -2.47. The summed E-state index contributed by atoms with van der Waals surface area (Å²) in [7, 11) is 0. The first-order valence-corrected chi connectivity index (χ1v) is 7.81. The number of nitrogens with two attached hydrogens (primary N) is 1. The number of hydrogen-bond donors (Lipinski definition) is 2. The maximum Gasteiger partial charge on any atom is 0.389 e. The van der Waals surface area contributed by atoms with Gasteiger partial charge in [0, 0.05) is 13.0 Å². The number of alkyl halides is 3. The van der Waals surface area contributed by atoms with Crippen LogP contribution in [0, 0.1) is 5.41 Å². The van der Waals surface area contributed by atoms with Gasteiger partial charge in [-0.15, -0.1) is 0 Å². The van der Waals surface area contributed by atoms with E-state index in [2.05, 4.69) is 19.3 Å². The maximum absolute atomic E-state index is 12.3. The van der Waals surface area contributed by atoms with Crippen molar-refractivity contribution in [2.24, 2.45) is 11.3 Å². The fourth-order valence-electron chi connectivity index (χ4n) is 3.24. The van der Waals surface area contributed by atoms with Crippen molar-refractivity contribution in [1.82, 2.24) is 5.43 Å². The molecule has 0 bridgehead atoms. The normalized spacial score (nSPS) is 23.0. The van der Waals surface area contributed by atoms with E-state index in [0.717, 1.165) is 25.7 Å². The first-order chi connectivity index (χ1) is 9.64. The fourth-order valence-corrected chi connectivity index (χ4v) is 3.24. The van der Waals surface area contributed by atoms with Gasteiger partial charge in [-0.25, -0.2) is 0 Å². The molecule has 3 N–H and O–H groups in total. The van der Waals surface area contributed by atoms with Crippen molar-refractivity contribution in [2.75, 3.05) is 6.61 Å². The first kappa shape index (κ1) is 18.7. The molecule has 0 aromatic rings. The molecule has 3 nitrogen and oxygen atoms in total. The minimum atomic E-state index is -4.10. The smallest absolute Gasteiger partial charge is 0.374 e. The second-order valence-corrected chi connectivity index (χ2v) is 6.89. The van der Waals surface area contributed by atoms with E-state index in [1.165, 1.54) is 0 Å². The first-order valence-electron chi connectivity index (χ1n) is 7.81. The Balaban J connectivity index is 2.68. The predicted octanol–water partition coefficient (Wildman–Crippen LogP) is 3.93. The molecular weight excluding hydrogens is 281 g/mol. The number of hydrazine groups is 1. The summed E-state index contributed by atoms with van der Waals surface area (Å²) in [5.41, 5.74) is 2.56. The summed E-state index contributed by atoms with van der Waals surface area (Å²) in [4.78, 5) is 0. The Kier molecular flexibility index (Phi) is 6.50. The largest absolute Gasteiger partial charge is 0.389 e. The van der Waals surface area contributed by atoms with Crippen LogP contribution in [0.4, 0.5) is 13.2 Å². The third kappa shape index (κ3) is 5.75. The Hall–Kier alpha value is -0.330. The lowest BCUT2D eigenvalue weighted by atomic mass is 9.68. The Morgan fingerprint density at radius 2 is 1.76 bits per heavy atom. The summed E-state index contributed by atoms with van der Waals surface area (Å²) in [5, 5.41) is 0. The Bertz CT molecular complexity index is 309. The Morgan fingerprint density at radius 3 is 2.19 bits per heavy atom. The zero-order chi connectivity index (χ0) is 16.1. The van der Waals surface area contributed by atoms with Gasteiger partial charge in [0.1, 0.15) is 0 Å². The van der Waals surface area contributed by atoms with Gasteiger partial charge in [0.2, 0.25) is 0 Å². The number of rotatable bonds is 7. The lowest BCUT2D eigenvalue weighted by molar-refractivity contribution is -0.139. The molecule has 0 radical (unpaired) electrons. The molecule has 1 saturated carbocycles. The highest BCUT2D eigenvalue weighted by Gasteiger charge is 2.44. The van der Waals surface area contributed by atoms with E-state index in [0.29, 0.717) is 13.0 Å². The van der Waals surface area contributed by atoms with Crippen LogP contribution in [0.1, 0.15) is 65.7 Å². The van der Waals surface area contributed by atoms with Crippen molar-refractivity contribution in [1.29, 1.82) is 0 Å². The van der Waals surface area contributed by atoms with Gasteiger partial charge in [0.05, 0.1) is 11.6 Å². The molecule has 0 saturated heterocycles. The SMILES string of the molecule is CCOC1(C(CCCC(F)(F)F)NN)CCC(C)(C)CC1. The summed E-state index contributed by atoms with van der Waals surface area (Å²) in [6.07, 6.45) is -0.712. The summed E-state index contributed by atoms with van der Waals surface area (Å²) in [5.74, 6) is 5.63. The minimum Gasteiger partial charge on any atom is -0.374 e. The van der Waals surface area contributed by atoms with Crippen molar-refractivity contribution in [3.05, 3.63) is 0 Å². The van der Waals surface area contributed by atoms with Gasteiger partial charge < -0.3 is 4.74 Å². The standard InChI is InChI=1S/C15H29F3N2O/c1-4-21-14(10-8-13(2,3)9-11-14)12(20-19)6-5-7-15(16,17)18/h12,20H,4-11,19H2,1-3H3. The van der Waals surface area contributed by atoms with Crippen LogP contribution < -0.4 is 11.3 Å². The van der Waals surface area contributed by atoms with Crippen LogP contribution >= 0.6 is 0 Å². The van der Waals surface area contributed by atoms with Gasteiger partial charge in [0.15, 0.2) is 0 Å². The van der Waals surface area contributed by atoms with Gasteiger partial charge in [-0.3, -0.25) is 11.3 Å². The van der Waals surface area contributed by atoms with Crippen molar-refractivity contribution >= 4 is 0 Å². The van der Waals surface area contributed by atoms with Crippen molar-refractivity contribution in [3.63, 3.8) is 0 Å². The van der Waals surface area contributed by atoms with E-state index in [1.807, 2.05) is 6.92 Å². The van der Waals surface area contributed by atoms with Gasteiger partial charge >= 0.3 is 6.18 Å². The van der Waals surface area contributed by atoms with Crippen LogP contribution in [0.5, 0.6) is 0 Å². The third-order valence-electron chi connectivity index (χ3n) is 4.67. The number of hydrogen-bond acceptors (Lipinski definition) is 3. The van der Waals surface area contributed by atoms with Crippen LogP contribution in [-0.2, 0) is 4.74 Å². The quantitative estimate of drug-likeness (QED) is 0.553. The number of halogens is 3. The van der Waals surface area contributed by atoms with Crippen molar-refractivity contribution < 1.29 is 17.9 Å². The van der Waals surface area contributed by atoms with Gasteiger partial charge in [-0.05, 0) is 50.9 Å². The highest BCUT2D eigenvalue weighted by Crippen LogP contribution is 2.44. The van der Waals surface area contributed by atoms with E-state index < -0.39 is 18.2 Å². The predicted molar refractivity (Wildman–Crippen MR) is 77.6 cm³/mol. The van der Waals surface area contributed by atoms with Crippen LogP contribution in [0.2, 0.25) is 0 Å². The molecule has 1 aliphatic carbocycles. The fraction of sp³-hybridized carbons (Fsp3) is 1.00. The molecule has 1 unspecified atom stereocenters. The Morgan fingerprint density at radius 1 is 1.19 bits per heavy atom. The van der Waals surface area contributed by atoms with Crippen LogP contribution in [0.25, 0.3) is 0 Å². The zero-order valence-electron chi connectivity index (χ0n) is 13.4. The lowest BCUT2D eigenvalue weighted by Crippen LogP contribution is -2.57. The molecule has 1 fully saturated rings. The molecule has 0 aromatic heterocycles. The number of ether oxygens (including phenoxy) is 1. The number of nitrogens with one attached hydrogen (secondary N) is 1. The maximum atomic E-state index is 12.3.